The van der Waals surface area contributed by atoms with Gasteiger partial charge in [0.15, 0.2) is 0 Å². The Morgan fingerprint density at radius 1 is 0.292 bits per heavy atom. The van der Waals surface area contributed by atoms with Crippen LogP contribution in [-0.2, 0) is 24.7 Å². The summed E-state index contributed by atoms with van der Waals surface area (Å²) in [6.07, 6.45) is -19.4. The van der Waals surface area contributed by atoms with Crippen LogP contribution < -0.4 is 0 Å². The van der Waals surface area contributed by atoms with Gasteiger partial charge in [0.2, 0.25) is 0 Å². The lowest BCUT2D eigenvalue weighted by Gasteiger charge is -2.09. The van der Waals surface area contributed by atoms with Crippen LogP contribution in [0.5, 0.6) is 0 Å². The fourth-order valence-corrected chi connectivity index (χ4v) is 6.11. The summed E-state index contributed by atoms with van der Waals surface area (Å²) < 4.78 is 234. The number of carbonyl (C=O) groups is 7. The first kappa shape index (κ1) is 76.5. The Bertz CT molecular complexity index is 3670. The topological polar surface area (TPSA) is 261 Å². The molecule has 14 nitrogen and oxygen atoms in total. The Balaban J connectivity index is 0.000000521. The Kier molecular flexibility index (Phi) is 27.8. The second kappa shape index (κ2) is 32.3. The van der Waals surface area contributed by atoms with Gasteiger partial charge in [0.25, 0.3) is 0 Å². The van der Waals surface area contributed by atoms with E-state index in [1.54, 1.807) is 26.8 Å². The third-order valence-corrected chi connectivity index (χ3v) is 10.1. The van der Waals surface area contributed by atoms with E-state index in [4.69, 9.17) is 35.7 Å². The minimum Gasteiger partial charge on any atom is -0.478 e. The summed E-state index contributed by atoms with van der Waals surface area (Å²) in [4.78, 5) is 72.3. The van der Waals surface area contributed by atoms with Gasteiger partial charge in [0.05, 0.1) is 55.6 Å². The average Bonchev–Trinajstić information content (AvgIpc) is 1.10. The molecule has 7 aromatic carbocycles. The van der Waals surface area contributed by atoms with Crippen LogP contribution in [0.25, 0.3) is 0 Å². The Hall–Kier alpha value is -10.5. The van der Waals surface area contributed by atoms with Crippen molar-refractivity contribution in [3.63, 3.8) is 0 Å². The Morgan fingerprint density at radius 2 is 0.753 bits per heavy atom. The van der Waals surface area contributed by atoms with Crippen LogP contribution in [0.3, 0.4) is 0 Å². The number of carboxylic acids is 7. The third kappa shape index (κ3) is 25.2. The molecule has 7 aromatic rings. The summed E-state index contributed by atoms with van der Waals surface area (Å²) in [5.41, 5.74) is -8.41. The van der Waals surface area contributed by atoms with Gasteiger partial charge in [-0.2, -0.15) is 52.7 Å². The van der Waals surface area contributed by atoms with Gasteiger partial charge in [-0.3, -0.25) is 0 Å². The molecule has 0 amide bonds. The van der Waals surface area contributed by atoms with Gasteiger partial charge in [-0.1, -0.05) is 18.2 Å². The number of aryl methyl sites for hydroxylation is 3. The minimum atomic E-state index is -4.88. The van der Waals surface area contributed by atoms with Crippen LogP contribution in [0.4, 0.5) is 83.4 Å². The number of carboxylic acid groups (broad SMARTS) is 7. The zero-order valence-corrected chi connectivity index (χ0v) is 44.3. The van der Waals surface area contributed by atoms with E-state index in [0.717, 1.165) is 24.3 Å². The van der Waals surface area contributed by atoms with E-state index in [2.05, 4.69) is 0 Å². The highest BCUT2D eigenvalue weighted by atomic mass is 19.4. The first-order chi connectivity index (χ1) is 40.6. The highest BCUT2D eigenvalue weighted by Crippen LogP contribution is 2.35. The van der Waals surface area contributed by atoms with Crippen molar-refractivity contribution in [1.29, 1.82) is 0 Å². The Morgan fingerprint density at radius 3 is 1.18 bits per heavy atom. The van der Waals surface area contributed by atoms with E-state index in [1.165, 1.54) is 36.4 Å². The van der Waals surface area contributed by atoms with E-state index in [-0.39, 0.29) is 28.8 Å². The number of rotatable bonds is 7. The molecule has 0 aromatic heterocycles. The van der Waals surface area contributed by atoms with Crippen molar-refractivity contribution in [2.75, 3.05) is 0 Å². The number of alkyl halides is 12. The van der Waals surface area contributed by atoms with E-state index in [9.17, 15) is 117 Å². The molecule has 478 valence electrons. The van der Waals surface area contributed by atoms with Crippen molar-refractivity contribution in [2.45, 2.75) is 45.5 Å². The molecule has 7 rings (SSSR count). The van der Waals surface area contributed by atoms with Gasteiger partial charge in [-0.25, -0.2) is 64.3 Å². The van der Waals surface area contributed by atoms with Crippen LogP contribution >= 0.6 is 0 Å². The molecule has 0 radical (unpaired) electrons. The lowest BCUT2D eigenvalue weighted by atomic mass is 10.1. The van der Waals surface area contributed by atoms with Gasteiger partial charge < -0.3 is 35.7 Å². The molecule has 0 atom stereocenters. The van der Waals surface area contributed by atoms with E-state index >= 15 is 0 Å². The number of hydrogen-bond donors (Lipinski definition) is 7. The van der Waals surface area contributed by atoms with Crippen molar-refractivity contribution < 1.29 is 153 Å². The molecule has 0 saturated carbocycles. The number of benzene rings is 7. The quantitative estimate of drug-likeness (QED) is 0.0733. The second-order valence-electron chi connectivity index (χ2n) is 16.8. The largest absolute Gasteiger partial charge is 0.478 e. The number of aromatic carboxylic acids is 7. The van der Waals surface area contributed by atoms with Crippen molar-refractivity contribution >= 4 is 41.8 Å². The highest BCUT2D eigenvalue weighted by molar-refractivity contribution is 5.92. The van der Waals surface area contributed by atoms with Crippen molar-refractivity contribution in [3.05, 3.63) is 246 Å². The van der Waals surface area contributed by atoms with Gasteiger partial charge in [-0.05, 0) is 147 Å². The van der Waals surface area contributed by atoms with Crippen molar-refractivity contribution in [2.24, 2.45) is 0 Å². The zero-order chi connectivity index (χ0) is 69.0. The summed E-state index contributed by atoms with van der Waals surface area (Å²) in [5, 5.41) is 58.8. The molecule has 0 spiro atoms. The van der Waals surface area contributed by atoms with E-state index in [0.29, 0.717) is 65.2 Å². The maximum atomic E-state index is 12.8. The molecule has 0 aliphatic rings. The molecular weight excluding hydrogens is 1260 g/mol. The molecule has 0 bridgehead atoms. The van der Waals surface area contributed by atoms with E-state index in [1.807, 2.05) is 0 Å². The average molecular weight is 1290 g/mol. The SMILES string of the molecule is Cc1cc(F)cc(C(=O)O)c1.Cc1ccc(C(=O)O)c(F)c1.Cc1ccc(C(=O)O)cc1F.O=C(O)c1c(F)cccc1C(F)(F)F.O=C(O)c1cc(F)ccc1C(F)(F)F.O=C(O)c1ccc(F)c(C(F)(F)F)c1.O=C(O)c1ccc(F)cc1C(F)(F)F. The maximum Gasteiger partial charge on any atom is 0.419 e. The molecule has 0 fully saturated rings. The van der Waals surface area contributed by atoms with Crippen LogP contribution in [-0.4, -0.2) is 77.5 Å². The van der Waals surface area contributed by atoms with Crippen LogP contribution in [0.2, 0.25) is 0 Å². The summed E-state index contributed by atoms with van der Waals surface area (Å²) in [7, 11) is 0. The van der Waals surface area contributed by atoms with E-state index < -0.39 is 152 Å². The van der Waals surface area contributed by atoms with Crippen LogP contribution in [0.1, 0.15) is 111 Å². The molecule has 0 unspecified atom stereocenters. The van der Waals surface area contributed by atoms with Crippen LogP contribution in [0, 0.1) is 61.5 Å². The first-order valence-electron chi connectivity index (χ1n) is 23.0. The summed E-state index contributed by atoms with van der Waals surface area (Å²) in [6.45, 7) is 4.94. The molecule has 0 saturated heterocycles. The number of hydrogen-bond acceptors (Lipinski definition) is 7. The number of halogens is 19. The molecule has 0 heterocycles. The maximum absolute atomic E-state index is 12.8. The van der Waals surface area contributed by atoms with Gasteiger partial charge in [0, 0.05) is 0 Å². The lowest BCUT2D eigenvalue weighted by molar-refractivity contribution is -0.140. The van der Waals surface area contributed by atoms with Gasteiger partial charge >= 0.3 is 66.5 Å². The van der Waals surface area contributed by atoms with Gasteiger partial charge in [0.1, 0.15) is 46.3 Å². The monoisotopic (exact) mass is 1290 g/mol. The van der Waals surface area contributed by atoms with Crippen molar-refractivity contribution in [3.8, 4) is 0 Å². The second-order valence-corrected chi connectivity index (χ2v) is 16.8. The highest BCUT2D eigenvalue weighted by Gasteiger charge is 2.38. The first-order valence-corrected chi connectivity index (χ1v) is 23.0. The predicted molar refractivity (Wildman–Crippen MR) is 268 cm³/mol. The van der Waals surface area contributed by atoms with Crippen molar-refractivity contribution in [1.82, 2.24) is 0 Å². The van der Waals surface area contributed by atoms with Crippen LogP contribution in [0.15, 0.2) is 127 Å². The lowest BCUT2D eigenvalue weighted by Crippen LogP contribution is -2.14. The fraction of sp³-hybridized carbons (Fsp3) is 0.125. The minimum absolute atomic E-state index is 0.0116. The molecule has 0 aliphatic carbocycles. The Labute approximate surface area is 485 Å². The third-order valence-electron chi connectivity index (χ3n) is 10.1. The summed E-state index contributed by atoms with van der Waals surface area (Å²) in [6, 6.07) is 17.8. The fourth-order valence-electron chi connectivity index (χ4n) is 6.11. The standard InChI is InChI=1S/4C8H4F4O2.3C8H7FO2/c9-4-1-2-6(8(10,11)12)5(3-4)7(13)14;9-6-2-1-4(7(13)14)3-5(6)8(10,11)12;9-4-1-2-5(7(13)14)6(3-4)8(10,11)12;9-5-3-1-2-4(8(10,11)12)6(5)7(13)14;1-5-2-6(8(10)11)4-7(9)3-5;1-5-2-3-6(8(10)11)4-7(5)9;1-5-2-3-6(8(10)11)7(9)4-5/h4*1-3H,(H,13,14);3*2-4H,1H3,(H,10,11). The molecule has 7 N–H and O–H groups in total. The summed E-state index contributed by atoms with van der Waals surface area (Å²) in [5.74, 6) is -17.2. The molecular formula is C56H37F19O14. The van der Waals surface area contributed by atoms with Gasteiger partial charge in [-0.15, -0.1) is 0 Å². The molecule has 33 heteroatoms. The summed E-state index contributed by atoms with van der Waals surface area (Å²) >= 11 is 0. The predicted octanol–water partition coefficient (Wildman–Crippen LogP) is 15.7. The zero-order valence-electron chi connectivity index (χ0n) is 44.3. The molecule has 0 aliphatic heterocycles. The smallest absolute Gasteiger partial charge is 0.419 e. The molecule has 89 heavy (non-hydrogen) atoms. The normalized spacial score (nSPS) is 10.8.